The number of aldehydes is 1. The van der Waals surface area contributed by atoms with Crippen LogP contribution in [0.15, 0.2) is 78.9 Å². The average Bonchev–Trinajstić information content (AvgIpc) is 2.64. The van der Waals surface area contributed by atoms with Gasteiger partial charge in [0, 0.05) is 0 Å². The standard InChI is InChI=1S/C23H28O2/c1-2-3-4-14-21-25-23-18-16-22(17-19-23)15-12-10-8-6-5-7-9-11-13-20-24/h5-13,15-20H,2-4,14,21H2,1H3/b6-5+,9-7+,10-8+,13-11+,15-12+. The van der Waals surface area contributed by atoms with Crippen molar-refractivity contribution >= 4 is 12.4 Å². The summed E-state index contributed by atoms with van der Waals surface area (Å²) in [5, 5.41) is 0. The lowest BCUT2D eigenvalue weighted by molar-refractivity contribution is -0.104. The molecule has 132 valence electrons. The summed E-state index contributed by atoms with van der Waals surface area (Å²) in [5.41, 5.74) is 1.14. The summed E-state index contributed by atoms with van der Waals surface area (Å²) >= 11 is 0. The molecule has 0 heterocycles. The van der Waals surface area contributed by atoms with E-state index >= 15 is 0 Å². The van der Waals surface area contributed by atoms with Gasteiger partial charge in [0.2, 0.25) is 0 Å². The SMILES string of the molecule is CCCCCCOc1ccc(/C=C/C=C/C=C/C=C/C=C/C=O)cc1. The second-order valence-electron chi connectivity index (χ2n) is 5.51. The van der Waals surface area contributed by atoms with Crippen molar-refractivity contribution in [1.82, 2.24) is 0 Å². The van der Waals surface area contributed by atoms with E-state index in [2.05, 4.69) is 25.1 Å². The van der Waals surface area contributed by atoms with Gasteiger partial charge in [0.25, 0.3) is 0 Å². The molecule has 25 heavy (non-hydrogen) atoms. The highest BCUT2D eigenvalue weighted by Gasteiger charge is 1.93. The Balaban J connectivity index is 2.29. The van der Waals surface area contributed by atoms with E-state index in [1.165, 1.54) is 25.3 Å². The van der Waals surface area contributed by atoms with Gasteiger partial charge in [-0.3, -0.25) is 4.79 Å². The molecule has 0 N–H and O–H groups in total. The Kier molecular flexibility index (Phi) is 12.2. The van der Waals surface area contributed by atoms with Crippen LogP contribution in [0.3, 0.4) is 0 Å². The summed E-state index contributed by atoms with van der Waals surface area (Å²) in [4.78, 5) is 10.1. The Hall–Kier alpha value is -2.61. The van der Waals surface area contributed by atoms with Gasteiger partial charge in [0.05, 0.1) is 6.61 Å². The summed E-state index contributed by atoms with van der Waals surface area (Å²) in [6.07, 6.45) is 24.3. The van der Waals surface area contributed by atoms with Crippen LogP contribution in [0.5, 0.6) is 5.75 Å². The van der Waals surface area contributed by atoms with Crippen molar-refractivity contribution in [2.45, 2.75) is 32.6 Å². The first-order chi connectivity index (χ1) is 12.4. The van der Waals surface area contributed by atoms with E-state index in [9.17, 15) is 4.79 Å². The second kappa shape index (κ2) is 14.9. The zero-order valence-corrected chi connectivity index (χ0v) is 15.0. The highest BCUT2D eigenvalue weighted by atomic mass is 16.5. The Labute approximate surface area is 151 Å². The second-order valence-corrected chi connectivity index (χ2v) is 5.51. The molecule has 0 radical (unpaired) electrons. The number of carbonyl (C=O) groups is 1. The van der Waals surface area contributed by atoms with Crippen LogP contribution in [0.25, 0.3) is 6.08 Å². The van der Waals surface area contributed by atoms with Gasteiger partial charge in [-0.25, -0.2) is 0 Å². The Morgan fingerprint density at radius 2 is 1.36 bits per heavy atom. The minimum Gasteiger partial charge on any atom is -0.494 e. The normalized spacial score (nSPS) is 12.4. The largest absolute Gasteiger partial charge is 0.494 e. The van der Waals surface area contributed by atoms with Gasteiger partial charge >= 0.3 is 0 Å². The Bertz CT molecular complexity index is 601. The maximum Gasteiger partial charge on any atom is 0.142 e. The molecular weight excluding hydrogens is 308 g/mol. The van der Waals surface area contributed by atoms with E-state index in [1.807, 2.05) is 54.7 Å². The molecule has 1 aromatic carbocycles. The van der Waals surface area contributed by atoms with Crippen molar-refractivity contribution in [2.75, 3.05) is 6.61 Å². The molecule has 2 nitrogen and oxygen atoms in total. The number of allylic oxidation sites excluding steroid dienone is 9. The zero-order valence-electron chi connectivity index (χ0n) is 15.0. The molecule has 0 fully saturated rings. The number of hydrogen-bond donors (Lipinski definition) is 0. The summed E-state index contributed by atoms with van der Waals surface area (Å²) < 4.78 is 5.73. The summed E-state index contributed by atoms with van der Waals surface area (Å²) in [6.45, 7) is 3.01. The van der Waals surface area contributed by atoms with Crippen LogP contribution in [-0.4, -0.2) is 12.9 Å². The van der Waals surface area contributed by atoms with E-state index in [1.54, 1.807) is 6.08 Å². The van der Waals surface area contributed by atoms with Crippen molar-refractivity contribution in [3.8, 4) is 5.75 Å². The third-order valence-corrected chi connectivity index (χ3v) is 3.40. The number of hydrogen-bond acceptors (Lipinski definition) is 2. The van der Waals surface area contributed by atoms with Crippen LogP contribution in [0, 0.1) is 0 Å². The van der Waals surface area contributed by atoms with Gasteiger partial charge in [0.1, 0.15) is 12.0 Å². The molecule has 0 bridgehead atoms. The maximum absolute atomic E-state index is 10.1. The number of benzene rings is 1. The van der Waals surface area contributed by atoms with Crippen molar-refractivity contribution in [3.63, 3.8) is 0 Å². The molecule has 2 heteroatoms. The van der Waals surface area contributed by atoms with Crippen LogP contribution in [0.1, 0.15) is 38.2 Å². The quantitative estimate of drug-likeness (QED) is 0.200. The highest BCUT2D eigenvalue weighted by Crippen LogP contribution is 2.14. The van der Waals surface area contributed by atoms with Crippen LogP contribution in [0.2, 0.25) is 0 Å². The molecule has 0 aliphatic heterocycles. The molecule has 0 atom stereocenters. The van der Waals surface area contributed by atoms with Gasteiger partial charge in [-0.2, -0.15) is 0 Å². The fourth-order valence-electron chi connectivity index (χ4n) is 2.06. The smallest absolute Gasteiger partial charge is 0.142 e. The van der Waals surface area contributed by atoms with Crippen molar-refractivity contribution in [3.05, 3.63) is 84.5 Å². The van der Waals surface area contributed by atoms with Gasteiger partial charge in [-0.1, -0.05) is 93.0 Å². The molecule has 1 aromatic rings. The molecule has 0 spiro atoms. The predicted molar refractivity (Wildman–Crippen MR) is 108 cm³/mol. The molecule has 0 saturated carbocycles. The third-order valence-electron chi connectivity index (χ3n) is 3.40. The van der Waals surface area contributed by atoms with Gasteiger partial charge in [0.15, 0.2) is 0 Å². The zero-order chi connectivity index (χ0) is 18.0. The molecule has 1 rings (SSSR count). The lowest BCUT2D eigenvalue weighted by Gasteiger charge is -2.05. The monoisotopic (exact) mass is 336 g/mol. The molecule has 0 aromatic heterocycles. The van der Waals surface area contributed by atoms with Crippen LogP contribution >= 0.6 is 0 Å². The molecule has 0 saturated heterocycles. The van der Waals surface area contributed by atoms with Gasteiger partial charge in [-0.15, -0.1) is 0 Å². The first-order valence-electron chi connectivity index (χ1n) is 8.88. The minimum absolute atomic E-state index is 0.755. The topological polar surface area (TPSA) is 26.3 Å². The molecule has 0 aliphatic rings. The van der Waals surface area contributed by atoms with Gasteiger partial charge < -0.3 is 4.74 Å². The first kappa shape index (κ1) is 20.4. The lowest BCUT2D eigenvalue weighted by Crippen LogP contribution is -1.96. The number of carbonyl (C=O) groups excluding carboxylic acids is 1. The fraction of sp³-hybridized carbons (Fsp3) is 0.261. The van der Waals surface area contributed by atoms with E-state index in [0.717, 1.165) is 30.6 Å². The lowest BCUT2D eigenvalue weighted by atomic mass is 10.2. The van der Waals surface area contributed by atoms with E-state index < -0.39 is 0 Å². The first-order valence-corrected chi connectivity index (χ1v) is 8.88. The third kappa shape index (κ3) is 11.5. The van der Waals surface area contributed by atoms with E-state index in [-0.39, 0.29) is 0 Å². The summed E-state index contributed by atoms with van der Waals surface area (Å²) in [7, 11) is 0. The number of ether oxygens (including phenoxy) is 1. The molecule has 0 amide bonds. The highest BCUT2D eigenvalue weighted by molar-refractivity contribution is 5.65. The van der Waals surface area contributed by atoms with Crippen LogP contribution in [0.4, 0.5) is 0 Å². The van der Waals surface area contributed by atoms with Crippen LogP contribution < -0.4 is 4.74 Å². The van der Waals surface area contributed by atoms with E-state index in [0.29, 0.717) is 0 Å². The minimum atomic E-state index is 0.755. The fourth-order valence-corrected chi connectivity index (χ4v) is 2.06. The predicted octanol–water partition coefficient (Wildman–Crippen LogP) is 6.08. The summed E-state index contributed by atoms with van der Waals surface area (Å²) in [5.74, 6) is 0.933. The molecule has 0 aliphatic carbocycles. The van der Waals surface area contributed by atoms with Crippen molar-refractivity contribution < 1.29 is 9.53 Å². The van der Waals surface area contributed by atoms with Gasteiger partial charge in [-0.05, 0) is 30.2 Å². The van der Waals surface area contributed by atoms with E-state index in [4.69, 9.17) is 4.74 Å². The Morgan fingerprint density at radius 1 is 0.760 bits per heavy atom. The Morgan fingerprint density at radius 3 is 1.96 bits per heavy atom. The number of rotatable bonds is 12. The van der Waals surface area contributed by atoms with Crippen molar-refractivity contribution in [1.29, 1.82) is 0 Å². The van der Waals surface area contributed by atoms with Crippen LogP contribution in [-0.2, 0) is 4.79 Å². The maximum atomic E-state index is 10.1. The number of unbranched alkanes of at least 4 members (excludes halogenated alkanes) is 3. The molecule has 0 unspecified atom stereocenters. The average molecular weight is 336 g/mol. The summed E-state index contributed by atoms with van der Waals surface area (Å²) in [6, 6.07) is 8.15. The molecular formula is C23H28O2. The van der Waals surface area contributed by atoms with Crippen molar-refractivity contribution in [2.24, 2.45) is 0 Å².